The van der Waals surface area contributed by atoms with Crippen LogP contribution < -0.4 is 10.0 Å². The topological polar surface area (TPSA) is 58.2 Å². The first-order valence-electron chi connectivity index (χ1n) is 6.61. The summed E-state index contributed by atoms with van der Waals surface area (Å²) in [7, 11) is -3.37. The number of anilines is 1. The maximum atomic E-state index is 11.9. The maximum absolute atomic E-state index is 11.9. The van der Waals surface area contributed by atoms with Crippen molar-refractivity contribution < 1.29 is 8.42 Å². The third kappa shape index (κ3) is 6.79. The van der Waals surface area contributed by atoms with E-state index in [1.165, 1.54) is 6.07 Å². The van der Waals surface area contributed by atoms with Crippen LogP contribution >= 0.6 is 23.2 Å². The molecule has 1 aromatic rings. The number of hydrogen-bond acceptors (Lipinski definition) is 3. The van der Waals surface area contributed by atoms with E-state index < -0.39 is 10.0 Å². The summed E-state index contributed by atoms with van der Waals surface area (Å²) in [5.41, 5.74) is 0.361. The van der Waals surface area contributed by atoms with Gasteiger partial charge in [0.25, 0.3) is 0 Å². The summed E-state index contributed by atoms with van der Waals surface area (Å²) in [5, 5.41) is 4.00. The Bertz CT molecular complexity index is 521. The van der Waals surface area contributed by atoms with Gasteiger partial charge in [-0.2, -0.15) is 0 Å². The van der Waals surface area contributed by atoms with Crippen molar-refractivity contribution in [3.8, 4) is 0 Å². The van der Waals surface area contributed by atoms with Crippen molar-refractivity contribution in [3.05, 3.63) is 28.2 Å². The van der Waals surface area contributed by atoms with Crippen LogP contribution in [0.4, 0.5) is 5.69 Å². The Balaban J connectivity index is 2.41. The van der Waals surface area contributed by atoms with Gasteiger partial charge in [0.1, 0.15) is 0 Å². The van der Waals surface area contributed by atoms with Gasteiger partial charge in [0.15, 0.2) is 0 Å². The van der Waals surface area contributed by atoms with Crippen molar-refractivity contribution in [1.82, 2.24) is 5.32 Å². The molecule has 0 radical (unpaired) electrons. The van der Waals surface area contributed by atoms with E-state index in [9.17, 15) is 8.42 Å². The summed E-state index contributed by atoms with van der Waals surface area (Å²) in [6, 6.07) is 4.67. The molecular formula is C13H20Cl2N2O2S. The predicted molar refractivity (Wildman–Crippen MR) is 86.3 cm³/mol. The predicted octanol–water partition coefficient (Wildman–Crippen LogP) is 3.51. The van der Waals surface area contributed by atoms with E-state index in [1.807, 2.05) is 0 Å². The van der Waals surface area contributed by atoms with Crippen LogP contribution in [0.2, 0.25) is 10.0 Å². The van der Waals surface area contributed by atoms with Crippen LogP contribution in [0.25, 0.3) is 0 Å². The number of halogens is 2. The molecule has 20 heavy (non-hydrogen) atoms. The van der Waals surface area contributed by atoms with Gasteiger partial charge in [-0.15, -0.1) is 0 Å². The zero-order valence-electron chi connectivity index (χ0n) is 11.5. The van der Waals surface area contributed by atoms with Crippen molar-refractivity contribution >= 4 is 38.9 Å². The van der Waals surface area contributed by atoms with Crippen LogP contribution in [0, 0.1) is 0 Å². The number of hydrogen-bond donors (Lipinski definition) is 2. The van der Waals surface area contributed by atoms with Crippen LogP contribution in [-0.4, -0.2) is 27.3 Å². The molecule has 0 spiro atoms. The Kier molecular flexibility index (Phi) is 7.66. The summed E-state index contributed by atoms with van der Waals surface area (Å²) in [4.78, 5) is 0. The first-order chi connectivity index (χ1) is 9.44. The lowest BCUT2D eigenvalue weighted by Gasteiger charge is -2.10. The van der Waals surface area contributed by atoms with Gasteiger partial charge in [0.2, 0.25) is 10.0 Å². The molecule has 1 aromatic carbocycles. The number of rotatable bonds is 9. The zero-order chi connectivity index (χ0) is 15.0. The molecule has 0 saturated carbocycles. The van der Waals surface area contributed by atoms with Gasteiger partial charge in [-0.25, -0.2) is 8.42 Å². The van der Waals surface area contributed by atoms with Crippen LogP contribution in [0.1, 0.15) is 26.2 Å². The summed E-state index contributed by atoms with van der Waals surface area (Å²) in [6.07, 6.45) is 2.52. The Labute approximate surface area is 130 Å². The second-order valence-corrected chi connectivity index (χ2v) is 7.19. The summed E-state index contributed by atoms with van der Waals surface area (Å²) in [6.45, 7) is 3.90. The number of benzene rings is 1. The van der Waals surface area contributed by atoms with E-state index >= 15 is 0 Å². The molecule has 7 heteroatoms. The van der Waals surface area contributed by atoms with E-state index in [0.717, 1.165) is 25.9 Å². The van der Waals surface area contributed by atoms with E-state index in [1.54, 1.807) is 12.1 Å². The highest BCUT2D eigenvalue weighted by Crippen LogP contribution is 2.26. The van der Waals surface area contributed by atoms with E-state index in [-0.39, 0.29) is 5.75 Å². The molecule has 4 nitrogen and oxygen atoms in total. The van der Waals surface area contributed by atoms with Crippen molar-refractivity contribution in [3.63, 3.8) is 0 Å². The fourth-order valence-electron chi connectivity index (χ4n) is 1.63. The lowest BCUT2D eigenvalue weighted by atomic mass is 10.3. The van der Waals surface area contributed by atoms with E-state index in [4.69, 9.17) is 23.2 Å². The summed E-state index contributed by atoms with van der Waals surface area (Å²) >= 11 is 11.7. The molecule has 1 rings (SSSR count). The number of unbranched alkanes of at least 4 members (excludes halogenated alkanes) is 1. The molecule has 0 fully saturated rings. The van der Waals surface area contributed by atoms with Gasteiger partial charge < -0.3 is 5.32 Å². The van der Waals surface area contributed by atoms with Crippen LogP contribution in [0.15, 0.2) is 18.2 Å². The fourth-order valence-corrected chi connectivity index (χ4v) is 3.35. The minimum Gasteiger partial charge on any atom is -0.317 e. The van der Waals surface area contributed by atoms with Crippen molar-refractivity contribution in [2.75, 3.05) is 23.6 Å². The Morgan fingerprint density at radius 3 is 2.55 bits per heavy atom. The molecule has 0 aliphatic rings. The lowest BCUT2D eigenvalue weighted by Crippen LogP contribution is -2.20. The Hall–Kier alpha value is -0.490. The molecule has 2 N–H and O–H groups in total. The number of sulfonamides is 1. The Morgan fingerprint density at radius 2 is 1.90 bits per heavy atom. The van der Waals surface area contributed by atoms with Crippen LogP contribution in [0.5, 0.6) is 0 Å². The standard InChI is InChI=1S/C13H20Cl2N2O2S/c1-2-7-16-8-3-4-9-20(18,19)17-13-6-5-11(14)10-12(13)15/h5-6,10,16-17H,2-4,7-9H2,1H3. The summed E-state index contributed by atoms with van der Waals surface area (Å²) < 4.78 is 26.3. The molecule has 0 atom stereocenters. The van der Waals surface area contributed by atoms with Gasteiger partial charge in [-0.1, -0.05) is 30.1 Å². The first kappa shape index (κ1) is 17.6. The fraction of sp³-hybridized carbons (Fsp3) is 0.538. The van der Waals surface area contributed by atoms with Gasteiger partial charge in [-0.05, 0) is 50.6 Å². The third-order valence-electron chi connectivity index (χ3n) is 2.64. The third-order valence-corrected chi connectivity index (χ3v) is 4.54. The molecule has 0 bridgehead atoms. The van der Waals surface area contributed by atoms with Gasteiger partial charge >= 0.3 is 0 Å². The molecule has 114 valence electrons. The molecular weight excluding hydrogens is 319 g/mol. The molecule has 0 saturated heterocycles. The zero-order valence-corrected chi connectivity index (χ0v) is 13.8. The average molecular weight is 339 g/mol. The van der Waals surface area contributed by atoms with Gasteiger partial charge in [0.05, 0.1) is 16.5 Å². The van der Waals surface area contributed by atoms with Crippen molar-refractivity contribution in [2.45, 2.75) is 26.2 Å². The molecule has 0 aliphatic heterocycles. The van der Waals surface area contributed by atoms with Gasteiger partial charge in [-0.3, -0.25) is 4.72 Å². The largest absolute Gasteiger partial charge is 0.317 e. The normalized spacial score (nSPS) is 11.6. The molecule has 0 unspecified atom stereocenters. The first-order valence-corrected chi connectivity index (χ1v) is 9.01. The number of nitrogens with one attached hydrogen (secondary N) is 2. The highest BCUT2D eigenvalue weighted by Gasteiger charge is 2.12. The second kappa shape index (κ2) is 8.72. The minimum absolute atomic E-state index is 0.0831. The van der Waals surface area contributed by atoms with Crippen molar-refractivity contribution in [2.24, 2.45) is 0 Å². The van der Waals surface area contributed by atoms with Crippen LogP contribution in [0.3, 0.4) is 0 Å². The average Bonchev–Trinajstić information content (AvgIpc) is 2.37. The quantitative estimate of drug-likeness (QED) is 0.677. The minimum atomic E-state index is -3.37. The maximum Gasteiger partial charge on any atom is 0.232 e. The molecule has 0 heterocycles. The molecule has 0 amide bonds. The van der Waals surface area contributed by atoms with Crippen molar-refractivity contribution in [1.29, 1.82) is 0 Å². The van der Waals surface area contributed by atoms with E-state index in [0.29, 0.717) is 22.2 Å². The monoisotopic (exact) mass is 338 g/mol. The molecule has 0 aliphatic carbocycles. The smallest absolute Gasteiger partial charge is 0.232 e. The highest BCUT2D eigenvalue weighted by atomic mass is 35.5. The Morgan fingerprint density at radius 1 is 1.15 bits per heavy atom. The SMILES string of the molecule is CCCNCCCCS(=O)(=O)Nc1ccc(Cl)cc1Cl. The van der Waals surface area contributed by atoms with E-state index in [2.05, 4.69) is 17.0 Å². The lowest BCUT2D eigenvalue weighted by molar-refractivity contribution is 0.590. The highest BCUT2D eigenvalue weighted by molar-refractivity contribution is 7.92. The second-order valence-electron chi connectivity index (χ2n) is 4.50. The molecule has 0 aromatic heterocycles. The van der Waals surface area contributed by atoms with Crippen LogP contribution in [-0.2, 0) is 10.0 Å². The van der Waals surface area contributed by atoms with Gasteiger partial charge in [0, 0.05) is 5.02 Å². The summed E-state index contributed by atoms with van der Waals surface area (Å²) in [5.74, 6) is 0.0831.